The van der Waals surface area contributed by atoms with Crippen molar-refractivity contribution in [3.63, 3.8) is 0 Å². The second-order valence-corrected chi connectivity index (χ2v) is 6.30. The molecular weight excluding hydrogens is 487 g/mol. The molecule has 0 aliphatic carbocycles. The predicted molar refractivity (Wildman–Crippen MR) is 118 cm³/mol. The van der Waals surface area contributed by atoms with Crippen LogP contribution in [0.3, 0.4) is 0 Å². The minimum Gasteiger partial charge on any atom is -0.406 e. The zero-order valence-corrected chi connectivity index (χ0v) is 22.2. The van der Waals surface area contributed by atoms with Crippen molar-refractivity contribution in [2.24, 2.45) is 0 Å². The number of ketones is 1. The third kappa shape index (κ3) is 21.6. The summed E-state index contributed by atoms with van der Waals surface area (Å²) >= 11 is 0. The minimum absolute atomic E-state index is 0. The molecule has 177 valence electrons. The second-order valence-electron chi connectivity index (χ2n) is 6.30. The summed E-state index contributed by atoms with van der Waals surface area (Å²) in [5.41, 5.74) is 7.77. The summed E-state index contributed by atoms with van der Waals surface area (Å²) in [4.78, 5) is 10.7. The summed E-state index contributed by atoms with van der Waals surface area (Å²) in [5.74, 6) is 0.0943. The molecule has 0 saturated heterocycles. The topological polar surface area (TPSA) is 76.8 Å². The van der Waals surface area contributed by atoms with Gasteiger partial charge in [-0.15, -0.1) is 0 Å². The van der Waals surface area contributed by atoms with Crippen LogP contribution in [0.2, 0.25) is 0 Å². The van der Waals surface area contributed by atoms with Gasteiger partial charge in [-0.2, -0.15) is 51.6 Å². The van der Waals surface area contributed by atoms with Crippen LogP contribution in [0.15, 0.2) is 35.9 Å². The van der Waals surface area contributed by atoms with Crippen molar-refractivity contribution in [2.45, 2.75) is 67.7 Å². The van der Waals surface area contributed by atoms with Crippen LogP contribution in [0.25, 0.3) is 0 Å². The molecule has 0 saturated carbocycles. The molecule has 32 heavy (non-hydrogen) atoms. The summed E-state index contributed by atoms with van der Waals surface area (Å²) in [6.07, 6.45) is 2.62. The van der Waals surface area contributed by atoms with Crippen molar-refractivity contribution in [2.75, 3.05) is 0 Å². The van der Waals surface area contributed by atoms with Gasteiger partial charge in [0, 0.05) is 22.9 Å². The van der Waals surface area contributed by atoms with Crippen LogP contribution in [0.4, 0.5) is 0 Å². The molecule has 0 bridgehead atoms. The van der Waals surface area contributed by atoms with E-state index < -0.39 is 0 Å². The Hall–Kier alpha value is -1.63. The van der Waals surface area contributed by atoms with Gasteiger partial charge in [-0.05, 0) is 0 Å². The average Bonchev–Trinajstić information content (AvgIpc) is 3.43. The molecule has 2 aromatic rings. The largest absolute Gasteiger partial charge is 2.00 e. The maximum Gasteiger partial charge on any atom is 2.00 e. The van der Waals surface area contributed by atoms with E-state index in [-0.39, 0.29) is 39.9 Å². The molecule has 0 N–H and O–H groups in total. The number of carbonyl (C=O) groups is 1. The fraction of sp³-hybridized carbons (Fsp3) is 0.385. The Bertz CT molecular complexity index is 639. The summed E-state index contributed by atoms with van der Waals surface area (Å²) in [6, 6.07) is 10.0. The fourth-order valence-corrected chi connectivity index (χ4v) is 2.26. The monoisotopic (exact) mass is 520 g/mol. The Kier molecular flexibility index (Phi) is 43.5. The average molecular weight is 520 g/mol. The smallest absolute Gasteiger partial charge is 0.406 e. The van der Waals surface area contributed by atoms with Crippen LogP contribution >= 0.6 is 0 Å². The zero-order chi connectivity index (χ0) is 24.7. The number of hydrogen-bond acceptors (Lipinski definition) is 1. The summed E-state index contributed by atoms with van der Waals surface area (Å²) in [6.45, 7) is 33.4. The van der Waals surface area contributed by atoms with Crippen molar-refractivity contribution < 1.29 is 52.9 Å². The maximum atomic E-state index is 10.7. The molecule has 0 heterocycles. The minimum atomic E-state index is 0. The number of carbonyl (C=O) groups excluding carboxylic acids is 1. The van der Waals surface area contributed by atoms with Crippen LogP contribution in [0.5, 0.6) is 0 Å². The maximum absolute atomic E-state index is 10.7. The first-order chi connectivity index (χ1) is 14.2. The van der Waals surface area contributed by atoms with E-state index in [0.29, 0.717) is 12.0 Å². The normalized spacial score (nSPS) is 7.28. The van der Waals surface area contributed by atoms with Crippen LogP contribution in [0.1, 0.15) is 60.9 Å². The van der Waals surface area contributed by atoms with Crippen LogP contribution < -0.4 is 0 Å². The summed E-state index contributed by atoms with van der Waals surface area (Å²) < 4.78 is 22.5. The molecule has 0 aliphatic rings. The zero-order valence-electron chi connectivity index (χ0n) is 19.9. The summed E-state index contributed by atoms with van der Waals surface area (Å²) in [7, 11) is 0. The van der Waals surface area contributed by atoms with Gasteiger partial charge in [-0.1, -0.05) is 67.7 Å². The van der Waals surface area contributed by atoms with Crippen molar-refractivity contribution in [1.82, 2.24) is 0 Å². The molecule has 6 heteroatoms. The van der Waals surface area contributed by atoms with Crippen LogP contribution in [-0.4, -0.2) is 5.78 Å². The van der Waals surface area contributed by atoms with Crippen LogP contribution in [0, 0.1) is 61.1 Å². The van der Waals surface area contributed by atoms with Crippen molar-refractivity contribution in [3.8, 4) is 0 Å². The van der Waals surface area contributed by atoms with Crippen LogP contribution in [-0.2, 0) is 52.9 Å². The second kappa shape index (κ2) is 31.6. The predicted octanol–water partition coefficient (Wildman–Crippen LogP) is 6.36. The standard InChI is InChI=1S/C10H15.C8H13O.C5H5.3CO.Fe.Mn/c1-6-7(2)9(4)10(5)8(6)3;1-4-5-6-8(9)7(2)3;1-2-4-5-3-1;3*1-2;;/h1-5H3;2H,4-6H2,1,3H3;1-5H;;;;;/q3*-1;;;;;+2. The third-order valence-electron chi connectivity index (χ3n) is 4.57. The van der Waals surface area contributed by atoms with Crippen molar-refractivity contribution >= 4 is 5.78 Å². The van der Waals surface area contributed by atoms with E-state index in [1.165, 1.54) is 27.8 Å². The van der Waals surface area contributed by atoms with Gasteiger partial charge in [-0.25, -0.2) is 12.1 Å². The molecular formula is C26H33FeMnO4-. The number of rotatable bonds is 4. The fourth-order valence-electron chi connectivity index (χ4n) is 2.26. The Morgan fingerprint density at radius 1 is 0.969 bits per heavy atom. The first kappa shape index (κ1) is 44.1. The van der Waals surface area contributed by atoms with E-state index in [0.717, 1.165) is 12.8 Å². The molecule has 4 nitrogen and oxygen atoms in total. The molecule has 0 spiro atoms. The van der Waals surface area contributed by atoms with Gasteiger partial charge >= 0.3 is 51.0 Å². The molecule has 0 fully saturated rings. The summed E-state index contributed by atoms with van der Waals surface area (Å²) in [5, 5.41) is 0. The van der Waals surface area contributed by atoms with Gasteiger partial charge in [0.05, 0.1) is 0 Å². The number of unbranched alkanes of at least 4 members (excludes halogenated alkanes) is 1. The Morgan fingerprint density at radius 3 is 1.47 bits per heavy atom. The third-order valence-corrected chi connectivity index (χ3v) is 4.57. The van der Waals surface area contributed by atoms with Crippen molar-refractivity contribution in [1.29, 1.82) is 0 Å². The van der Waals surface area contributed by atoms with Gasteiger partial charge < -0.3 is 4.79 Å². The SMILES string of the molecule is Cc1c(C)c(C)[c-](C)c1C.[C-]#[O+].[C-]#[O+].[C-]#[O+].[CH-]=C(C)C(=O)CCCC.[Fe].[Mn+2].c1cc[cH-]c1. The quantitative estimate of drug-likeness (QED) is 0.200. The molecule has 0 aliphatic heterocycles. The van der Waals surface area contributed by atoms with Gasteiger partial charge in [0.1, 0.15) is 0 Å². The van der Waals surface area contributed by atoms with Crippen molar-refractivity contribution in [3.05, 3.63) is 90.3 Å². The first-order valence-corrected chi connectivity index (χ1v) is 9.33. The van der Waals surface area contributed by atoms with E-state index >= 15 is 0 Å². The van der Waals surface area contributed by atoms with E-state index in [1.807, 2.05) is 30.3 Å². The molecule has 1 radical (unpaired) electrons. The van der Waals surface area contributed by atoms with Gasteiger partial charge in [0.15, 0.2) is 0 Å². The van der Waals surface area contributed by atoms with Gasteiger partial charge in [-0.3, -0.25) is 6.58 Å². The Labute approximate surface area is 216 Å². The Balaban J connectivity index is -0.0000000707. The molecule has 2 rings (SSSR count). The molecule has 0 unspecified atom stereocenters. The van der Waals surface area contributed by atoms with E-state index in [2.05, 4.69) is 61.5 Å². The molecule has 0 aromatic heterocycles. The van der Waals surface area contributed by atoms with E-state index in [4.69, 9.17) is 20.5 Å². The Morgan fingerprint density at radius 2 is 1.31 bits per heavy atom. The van der Waals surface area contributed by atoms with Gasteiger partial charge in [0.25, 0.3) is 0 Å². The number of Topliss-reactive ketones (excluding diaryl/α,β-unsaturated/α-hetero) is 1. The van der Waals surface area contributed by atoms with Gasteiger partial charge in [0.2, 0.25) is 0 Å². The van der Waals surface area contributed by atoms with E-state index in [9.17, 15) is 4.79 Å². The first-order valence-electron chi connectivity index (χ1n) is 9.33. The molecule has 2 aromatic carbocycles. The molecule has 0 amide bonds. The van der Waals surface area contributed by atoms with E-state index in [1.54, 1.807) is 6.92 Å². The number of allylic oxidation sites excluding steroid dienone is 1. The number of hydrogen-bond donors (Lipinski definition) is 0. The molecule has 0 atom stereocenters.